The first-order valence-electron chi connectivity index (χ1n) is 6.47. The second-order valence-electron chi connectivity index (χ2n) is 4.57. The van der Waals surface area contributed by atoms with E-state index in [1.54, 1.807) is 30.3 Å². The van der Waals surface area contributed by atoms with Gasteiger partial charge in [0.25, 0.3) is 0 Å². The zero-order valence-corrected chi connectivity index (χ0v) is 12.6. The number of hydroxylamine groups is 1. The van der Waals surface area contributed by atoms with Crippen LogP contribution in [0.2, 0.25) is 0 Å². The summed E-state index contributed by atoms with van der Waals surface area (Å²) in [6, 6.07) is 8.71. The number of hydrogen-bond acceptors (Lipinski definition) is 4. The van der Waals surface area contributed by atoms with Gasteiger partial charge in [0.1, 0.15) is 0 Å². The first-order chi connectivity index (χ1) is 11.3. The van der Waals surface area contributed by atoms with Gasteiger partial charge in [-0.2, -0.15) is 18.2 Å². The largest absolute Gasteiger partial charge is 0.319 e. The summed E-state index contributed by atoms with van der Waals surface area (Å²) in [5, 5.41) is 0. The molecule has 24 heavy (non-hydrogen) atoms. The summed E-state index contributed by atoms with van der Waals surface area (Å²) in [5.41, 5.74) is 2.73. The molecule has 0 radical (unpaired) electrons. The highest BCUT2D eigenvalue weighted by Gasteiger charge is 2.34. The van der Waals surface area contributed by atoms with Gasteiger partial charge in [-0.1, -0.05) is 30.3 Å². The third kappa shape index (κ3) is 3.71. The molecule has 0 heterocycles. The Morgan fingerprint density at radius 3 is 1.88 bits per heavy atom. The zero-order chi connectivity index (χ0) is 17.9. The van der Waals surface area contributed by atoms with Crippen LogP contribution in [0.15, 0.2) is 35.2 Å². The van der Waals surface area contributed by atoms with E-state index in [9.17, 15) is 30.4 Å². The van der Waals surface area contributed by atoms with Crippen LogP contribution in [0.25, 0.3) is 0 Å². The molecule has 0 bridgehead atoms. The number of hydrogen-bond donors (Lipinski definition) is 1. The molecule has 2 aromatic rings. The molecule has 0 spiro atoms. The fourth-order valence-electron chi connectivity index (χ4n) is 1.81. The molecule has 0 saturated heterocycles. The molecule has 0 amide bonds. The average molecular weight is 367 g/mol. The topological polar surface area (TPSA) is 55.4 Å². The first kappa shape index (κ1) is 18.3. The molecule has 0 aromatic heterocycles. The Labute approximate surface area is 133 Å². The molecule has 0 aliphatic rings. The summed E-state index contributed by atoms with van der Waals surface area (Å²) in [6.45, 7) is -0.0847. The monoisotopic (exact) mass is 367 g/mol. The van der Waals surface area contributed by atoms with Crippen LogP contribution in [0.5, 0.6) is 0 Å². The van der Waals surface area contributed by atoms with Crippen molar-refractivity contribution in [2.75, 3.05) is 6.54 Å². The van der Waals surface area contributed by atoms with Gasteiger partial charge >= 0.3 is 10.1 Å². The normalized spacial score (nSPS) is 11.7. The molecule has 0 unspecified atom stereocenters. The second kappa shape index (κ2) is 7.24. The van der Waals surface area contributed by atoms with Crippen molar-refractivity contribution >= 4 is 10.1 Å². The molecular weight excluding hydrogens is 357 g/mol. The van der Waals surface area contributed by atoms with E-state index in [4.69, 9.17) is 0 Å². The first-order valence-corrected chi connectivity index (χ1v) is 7.88. The smallest absolute Gasteiger partial charge is 0.202 e. The van der Waals surface area contributed by atoms with Crippen molar-refractivity contribution in [3.63, 3.8) is 0 Å². The third-order valence-electron chi connectivity index (χ3n) is 2.95. The van der Waals surface area contributed by atoms with Gasteiger partial charge in [-0.15, -0.1) is 0 Å². The van der Waals surface area contributed by atoms with Gasteiger partial charge in [-0.25, -0.2) is 22.0 Å². The highest BCUT2D eigenvalue weighted by molar-refractivity contribution is 7.86. The summed E-state index contributed by atoms with van der Waals surface area (Å²) >= 11 is 0. The fourth-order valence-corrected chi connectivity index (χ4v) is 2.75. The van der Waals surface area contributed by atoms with Crippen LogP contribution in [0.4, 0.5) is 22.0 Å². The molecule has 130 valence electrons. The molecule has 1 N–H and O–H groups in total. The Balaban J connectivity index is 2.14. The van der Waals surface area contributed by atoms with Crippen LogP contribution >= 0.6 is 0 Å². The lowest BCUT2D eigenvalue weighted by Gasteiger charge is -2.10. The summed E-state index contributed by atoms with van der Waals surface area (Å²) in [6.07, 6.45) is 0.299. The van der Waals surface area contributed by atoms with E-state index in [2.05, 4.69) is 4.28 Å². The van der Waals surface area contributed by atoms with Crippen molar-refractivity contribution < 1.29 is 34.7 Å². The second-order valence-corrected chi connectivity index (χ2v) is 6.05. The molecule has 0 aliphatic carbocycles. The van der Waals surface area contributed by atoms with E-state index in [1.165, 1.54) is 0 Å². The minimum absolute atomic E-state index is 0.0847. The lowest BCUT2D eigenvalue weighted by molar-refractivity contribution is 0.202. The van der Waals surface area contributed by atoms with Crippen LogP contribution in [0, 0.1) is 29.1 Å². The molecular formula is C14H10F5NO3S. The van der Waals surface area contributed by atoms with Crippen molar-refractivity contribution in [1.29, 1.82) is 0 Å². The standard InChI is InChI=1S/C14H10F5NO3S/c15-9-10(16)12(18)14(13(19)11(9)17)24(21,22)23-20-7-6-8-4-2-1-3-5-8/h1-5,20H,6-7H2. The maximum absolute atomic E-state index is 13.5. The quantitative estimate of drug-likeness (QED) is 0.281. The number of halogens is 5. The van der Waals surface area contributed by atoms with Gasteiger partial charge in [0.2, 0.25) is 5.82 Å². The molecule has 0 saturated carbocycles. The summed E-state index contributed by atoms with van der Waals surface area (Å²) < 4.78 is 93.4. The Bertz CT molecular complexity index is 814. The Morgan fingerprint density at radius 2 is 1.33 bits per heavy atom. The minimum Gasteiger partial charge on any atom is -0.202 e. The van der Waals surface area contributed by atoms with Gasteiger partial charge in [-0.05, 0) is 12.0 Å². The predicted molar refractivity (Wildman–Crippen MR) is 72.7 cm³/mol. The molecule has 2 aromatic carbocycles. The minimum atomic E-state index is -5.25. The van der Waals surface area contributed by atoms with Gasteiger partial charge < -0.3 is 0 Å². The lowest BCUT2D eigenvalue weighted by Crippen LogP contribution is -2.25. The lowest BCUT2D eigenvalue weighted by atomic mass is 10.2. The van der Waals surface area contributed by atoms with Gasteiger partial charge in [0.05, 0.1) is 0 Å². The Hall–Kier alpha value is -2.04. The van der Waals surface area contributed by atoms with Crippen molar-refractivity contribution in [2.24, 2.45) is 0 Å². The fraction of sp³-hybridized carbons (Fsp3) is 0.143. The van der Waals surface area contributed by atoms with Gasteiger partial charge in [-0.3, -0.25) is 0 Å². The van der Waals surface area contributed by atoms with Crippen LogP contribution in [0.1, 0.15) is 5.56 Å². The Morgan fingerprint density at radius 1 is 0.833 bits per heavy atom. The van der Waals surface area contributed by atoms with Crippen molar-refractivity contribution in [1.82, 2.24) is 5.48 Å². The maximum atomic E-state index is 13.5. The van der Waals surface area contributed by atoms with Gasteiger partial charge in [0, 0.05) is 6.54 Å². The van der Waals surface area contributed by atoms with E-state index in [-0.39, 0.29) is 6.54 Å². The van der Waals surface area contributed by atoms with Crippen molar-refractivity contribution in [3.05, 3.63) is 65.0 Å². The van der Waals surface area contributed by atoms with Crippen molar-refractivity contribution in [2.45, 2.75) is 11.3 Å². The third-order valence-corrected chi connectivity index (χ3v) is 4.14. The van der Waals surface area contributed by atoms with E-state index in [1.807, 2.05) is 5.48 Å². The van der Waals surface area contributed by atoms with E-state index < -0.39 is 44.1 Å². The van der Waals surface area contributed by atoms with Crippen LogP contribution in [-0.2, 0) is 20.8 Å². The van der Waals surface area contributed by atoms with E-state index in [0.717, 1.165) is 5.56 Å². The Kier molecular flexibility index (Phi) is 5.52. The van der Waals surface area contributed by atoms with Crippen LogP contribution < -0.4 is 5.48 Å². The zero-order valence-electron chi connectivity index (χ0n) is 11.8. The highest BCUT2D eigenvalue weighted by Crippen LogP contribution is 2.27. The number of rotatable bonds is 6. The van der Waals surface area contributed by atoms with Crippen LogP contribution in [0.3, 0.4) is 0 Å². The molecule has 0 atom stereocenters. The number of nitrogens with one attached hydrogen (secondary N) is 1. The summed E-state index contributed by atoms with van der Waals surface area (Å²) in [4.78, 5) is -2.05. The predicted octanol–water partition coefficient (Wildman–Crippen LogP) is 2.83. The average Bonchev–Trinajstić information content (AvgIpc) is 2.56. The van der Waals surface area contributed by atoms with E-state index >= 15 is 0 Å². The molecule has 4 nitrogen and oxygen atoms in total. The molecule has 2 rings (SSSR count). The van der Waals surface area contributed by atoms with Crippen LogP contribution in [-0.4, -0.2) is 15.0 Å². The maximum Gasteiger partial charge on any atom is 0.319 e. The molecule has 10 heteroatoms. The van der Waals surface area contributed by atoms with Gasteiger partial charge in [0.15, 0.2) is 28.2 Å². The van der Waals surface area contributed by atoms with E-state index in [0.29, 0.717) is 6.42 Å². The highest BCUT2D eigenvalue weighted by atomic mass is 32.2. The molecule has 0 aliphatic heterocycles. The number of benzene rings is 2. The molecule has 0 fully saturated rings. The SMILES string of the molecule is O=S(=O)(ONCCc1ccccc1)c1c(F)c(F)c(F)c(F)c1F. The summed E-state index contributed by atoms with van der Waals surface area (Å²) in [7, 11) is -5.25. The van der Waals surface area contributed by atoms with Crippen molar-refractivity contribution in [3.8, 4) is 0 Å². The summed E-state index contributed by atoms with van der Waals surface area (Å²) in [5.74, 6) is -12.2.